The number of likely N-dealkylation sites (tertiary alicyclic amines) is 1. The molecule has 3 N–H and O–H groups in total. The molecule has 2 aliphatic heterocycles. The summed E-state index contributed by atoms with van der Waals surface area (Å²) in [7, 11) is 0. The lowest BCUT2D eigenvalue weighted by Crippen LogP contribution is -2.60. The fourth-order valence-corrected chi connectivity index (χ4v) is 7.14. The van der Waals surface area contributed by atoms with Crippen LogP contribution in [0.25, 0.3) is 0 Å². The van der Waals surface area contributed by atoms with Gasteiger partial charge in [0.25, 0.3) is 0 Å². The van der Waals surface area contributed by atoms with Crippen LogP contribution in [-0.2, 0) is 19.2 Å². The molecule has 1 spiro atoms. The first-order valence-electron chi connectivity index (χ1n) is 13.5. The molecule has 4 amide bonds. The third-order valence-electron chi connectivity index (χ3n) is 9.24. The van der Waals surface area contributed by atoms with Crippen molar-refractivity contribution in [1.29, 1.82) is 5.26 Å². The zero-order valence-corrected chi connectivity index (χ0v) is 22.2. The normalized spacial score (nSPS) is 33.4. The van der Waals surface area contributed by atoms with Crippen LogP contribution in [0.3, 0.4) is 0 Å². The number of halogens is 3. The van der Waals surface area contributed by atoms with E-state index in [0.717, 1.165) is 19.3 Å². The molecule has 0 aromatic rings. The molecule has 0 radical (unpaired) electrons. The molecule has 0 aromatic heterocycles. The van der Waals surface area contributed by atoms with Gasteiger partial charge in [-0.25, -0.2) is 0 Å². The van der Waals surface area contributed by atoms with Crippen molar-refractivity contribution in [3.8, 4) is 6.07 Å². The Morgan fingerprint density at radius 3 is 2.41 bits per heavy atom. The first-order chi connectivity index (χ1) is 18.1. The minimum atomic E-state index is -5.17. The molecule has 0 unspecified atom stereocenters. The summed E-state index contributed by atoms with van der Waals surface area (Å²) in [6.07, 6.45) is 2.30. The SMILES string of the molecule is CC(C)(C)[C@H](NC(=O)C(F)(F)F)C(=O)N1C[C@H]2[C@@H]([C@H]1C(=O)N[C@H](C#N)C[C@@H]1CC3(CC3)NC1=O)[C@H]1C=C[C@@H]2C1. The van der Waals surface area contributed by atoms with E-state index in [0.29, 0.717) is 6.42 Å². The molecule has 5 rings (SSSR count). The van der Waals surface area contributed by atoms with Crippen LogP contribution in [0.5, 0.6) is 0 Å². The second-order valence-electron chi connectivity index (χ2n) is 13.0. The fourth-order valence-electron chi connectivity index (χ4n) is 7.14. The molecule has 2 saturated carbocycles. The molecular weight excluding hydrogens is 515 g/mol. The highest BCUT2D eigenvalue weighted by atomic mass is 19.4. The summed E-state index contributed by atoms with van der Waals surface area (Å²) in [6.45, 7) is 4.82. The Labute approximate surface area is 224 Å². The van der Waals surface area contributed by atoms with Crippen molar-refractivity contribution in [3.05, 3.63) is 12.2 Å². The molecule has 212 valence electrons. The van der Waals surface area contributed by atoms with Crippen LogP contribution >= 0.6 is 0 Å². The van der Waals surface area contributed by atoms with Crippen LogP contribution in [0.4, 0.5) is 13.2 Å². The third kappa shape index (κ3) is 5.00. The Balaban J connectivity index is 1.37. The number of amides is 4. The maximum Gasteiger partial charge on any atom is 0.471 e. The van der Waals surface area contributed by atoms with Gasteiger partial charge in [-0.1, -0.05) is 32.9 Å². The number of nitrogens with one attached hydrogen (secondary N) is 3. The molecule has 2 heterocycles. The zero-order chi connectivity index (χ0) is 28.5. The number of hydrogen-bond acceptors (Lipinski definition) is 5. The second-order valence-corrected chi connectivity index (χ2v) is 13.0. The van der Waals surface area contributed by atoms with E-state index in [-0.39, 0.29) is 48.1 Å². The van der Waals surface area contributed by atoms with E-state index >= 15 is 0 Å². The van der Waals surface area contributed by atoms with Crippen molar-refractivity contribution in [2.24, 2.45) is 35.0 Å². The average Bonchev–Trinajstić information content (AvgIpc) is 3.19. The monoisotopic (exact) mass is 549 g/mol. The van der Waals surface area contributed by atoms with Gasteiger partial charge in [0.1, 0.15) is 18.1 Å². The second kappa shape index (κ2) is 9.24. The number of alkyl halides is 3. The van der Waals surface area contributed by atoms with Crippen molar-refractivity contribution < 1.29 is 32.3 Å². The van der Waals surface area contributed by atoms with E-state index in [9.17, 15) is 37.6 Å². The highest BCUT2D eigenvalue weighted by Crippen LogP contribution is 2.54. The summed E-state index contributed by atoms with van der Waals surface area (Å²) in [5.74, 6) is -4.18. The number of nitrogens with zero attached hydrogens (tertiary/aromatic N) is 2. The van der Waals surface area contributed by atoms with Gasteiger partial charge in [0, 0.05) is 18.0 Å². The first-order valence-corrected chi connectivity index (χ1v) is 13.5. The maximum atomic E-state index is 13.8. The first kappa shape index (κ1) is 27.5. The predicted molar refractivity (Wildman–Crippen MR) is 131 cm³/mol. The van der Waals surface area contributed by atoms with E-state index < -0.39 is 53.4 Å². The Kier molecular flexibility index (Phi) is 6.50. The van der Waals surface area contributed by atoms with E-state index in [4.69, 9.17) is 0 Å². The molecule has 4 fully saturated rings. The lowest BCUT2D eigenvalue weighted by atomic mass is 9.81. The summed E-state index contributed by atoms with van der Waals surface area (Å²) in [5.41, 5.74) is -1.25. The summed E-state index contributed by atoms with van der Waals surface area (Å²) < 4.78 is 39.3. The molecule has 5 aliphatic rings. The van der Waals surface area contributed by atoms with Gasteiger partial charge in [0.2, 0.25) is 17.7 Å². The number of allylic oxidation sites excluding steroid dienone is 2. The topological polar surface area (TPSA) is 131 Å². The highest BCUT2D eigenvalue weighted by Gasteiger charge is 2.59. The number of carbonyl (C=O) groups excluding carboxylic acids is 4. The summed E-state index contributed by atoms with van der Waals surface area (Å²) >= 11 is 0. The maximum absolute atomic E-state index is 13.8. The largest absolute Gasteiger partial charge is 0.471 e. The Morgan fingerprint density at radius 1 is 1.18 bits per heavy atom. The standard InChI is InChI=1S/C27H34F3N5O4/c1-25(2,3)20(33-24(39)27(28,29)30)23(38)35-12-17-13-4-5-14(8-13)18(17)19(35)22(37)32-16(11-31)9-15-10-26(6-7-26)34-21(15)36/h4-5,13-20H,6-10,12H2,1-3H3,(H,32,37)(H,33,39)(H,34,36)/t13-,14+,15-,16+,17-,18+,19+,20-/m1/s1. The Bertz CT molecular complexity index is 1150. The van der Waals surface area contributed by atoms with Crippen LogP contribution in [0.1, 0.15) is 52.9 Å². The number of hydrogen-bond donors (Lipinski definition) is 3. The van der Waals surface area contributed by atoms with Crippen molar-refractivity contribution in [3.63, 3.8) is 0 Å². The molecule has 2 bridgehead atoms. The van der Waals surface area contributed by atoms with Crippen molar-refractivity contribution in [2.75, 3.05) is 6.54 Å². The number of rotatable bonds is 6. The highest BCUT2D eigenvalue weighted by molar-refractivity contribution is 5.94. The van der Waals surface area contributed by atoms with Gasteiger partial charge < -0.3 is 20.9 Å². The van der Waals surface area contributed by atoms with Gasteiger partial charge in [0.05, 0.1) is 6.07 Å². The quantitative estimate of drug-likeness (QED) is 0.435. The van der Waals surface area contributed by atoms with Gasteiger partial charge in [-0.05, 0) is 61.2 Å². The van der Waals surface area contributed by atoms with Crippen LogP contribution in [-0.4, -0.2) is 64.9 Å². The van der Waals surface area contributed by atoms with Crippen LogP contribution < -0.4 is 16.0 Å². The minimum absolute atomic E-state index is 0.0299. The van der Waals surface area contributed by atoms with Crippen molar-refractivity contribution in [1.82, 2.24) is 20.9 Å². The van der Waals surface area contributed by atoms with Crippen molar-refractivity contribution >= 4 is 23.6 Å². The van der Waals surface area contributed by atoms with E-state index in [1.807, 2.05) is 11.4 Å². The summed E-state index contributed by atoms with van der Waals surface area (Å²) in [4.78, 5) is 53.1. The molecule has 0 aromatic carbocycles. The van der Waals surface area contributed by atoms with E-state index in [2.05, 4.69) is 22.8 Å². The van der Waals surface area contributed by atoms with Crippen LogP contribution in [0.2, 0.25) is 0 Å². The van der Waals surface area contributed by atoms with Crippen LogP contribution in [0, 0.1) is 46.3 Å². The molecule has 12 heteroatoms. The van der Waals surface area contributed by atoms with Crippen molar-refractivity contribution in [2.45, 2.75) is 82.7 Å². The summed E-state index contributed by atoms with van der Waals surface area (Å²) in [6, 6.07) is -1.41. The van der Waals surface area contributed by atoms with Gasteiger partial charge >= 0.3 is 12.1 Å². The van der Waals surface area contributed by atoms with E-state index in [1.54, 1.807) is 20.8 Å². The molecular formula is C27H34F3N5O4. The molecule has 9 nitrogen and oxygen atoms in total. The minimum Gasteiger partial charge on any atom is -0.350 e. The Morgan fingerprint density at radius 2 is 1.85 bits per heavy atom. The Hall–Kier alpha value is -3.10. The smallest absolute Gasteiger partial charge is 0.350 e. The fraction of sp³-hybridized carbons (Fsp3) is 0.741. The van der Waals surface area contributed by atoms with E-state index in [1.165, 1.54) is 4.90 Å². The molecule has 3 aliphatic carbocycles. The predicted octanol–water partition coefficient (Wildman–Crippen LogP) is 1.80. The van der Waals surface area contributed by atoms with Crippen LogP contribution in [0.15, 0.2) is 12.2 Å². The third-order valence-corrected chi connectivity index (χ3v) is 9.24. The molecule has 2 saturated heterocycles. The van der Waals surface area contributed by atoms with Gasteiger partial charge in [0.15, 0.2) is 0 Å². The number of fused-ring (bicyclic) bond motifs is 5. The van der Waals surface area contributed by atoms with Gasteiger partial charge in [-0.15, -0.1) is 0 Å². The molecule has 39 heavy (non-hydrogen) atoms. The van der Waals surface area contributed by atoms with Gasteiger partial charge in [-0.2, -0.15) is 18.4 Å². The lowest BCUT2D eigenvalue weighted by molar-refractivity contribution is -0.176. The van der Waals surface area contributed by atoms with Gasteiger partial charge in [-0.3, -0.25) is 19.2 Å². The number of carbonyl (C=O) groups is 4. The lowest BCUT2D eigenvalue weighted by Gasteiger charge is -2.37. The average molecular weight is 550 g/mol. The number of nitriles is 1. The summed E-state index contributed by atoms with van der Waals surface area (Å²) in [5, 5.41) is 17.4. The zero-order valence-electron chi connectivity index (χ0n) is 22.2. The molecule has 8 atom stereocenters.